The topological polar surface area (TPSA) is 23.5 Å². The van der Waals surface area contributed by atoms with Crippen LogP contribution < -0.4 is 0 Å². The quantitative estimate of drug-likeness (QED) is 0.733. The molecule has 0 aliphatic carbocycles. The summed E-state index contributed by atoms with van der Waals surface area (Å²) in [5.74, 6) is 0. The Labute approximate surface area is 94.7 Å². The predicted molar refractivity (Wildman–Crippen MR) is 65.0 cm³/mol. The molecular formula is C13H27NO. The second-order valence-corrected chi connectivity index (χ2v) is 5.83. The van der Waals surface area contributed by atoms with Gasteiger partial charge in [0, 0.05) is 18.6 Å². The number of nitrogens with zero attached hydrogens (tertiary/aromatic N) is 1. The summed E-state index contributed by atoms with van der Waals surface area (Å²) in [6.45, 7) is 11.4. The van der Waals surface area contributed by atoms with E-state index in [1.807, 2.05) is 0 Å². The molecule has 1 aliphatic heterocycles. The molecule has 0 saturated carbocycles. The van der Waals surface area contributed by atoms with Crippen LogP contribution in [0.25, 0.3) is 0 Å². The van der Waals surface area contributed by atoms with Gasteiger partial charge in [-0.15, -0.1) is 0 Å². The molecule has 2 heteroatoms. The number of aliphatic hydroxyl groups excluding tert-OH is 1. The Balaban J connectivity index is 2.50. The number of hydrogen-bond donors (Lipinski definition) is 1. The largest absolute Gasteiger partial charge is 0.394 e. The third-order valence-electron chi connectivity index (χ3n) is 3.86. The zero-order valence-corrected chi connectivity index (χ0v) is 10.8. The molecular weight excluding hydrogens is 186 g/mol. The highest BCUT2D eigenvalue weighted by Gasteiger charge is 2.46. The minimum atomic E-state index is -0.0228. The molecule has 1 rings (SSSR count). The summed E-state index contributed by atoms with van der Waals surface area (Å²) in [4.78, 5) is 2.43. The van der Waals surface area contributed by atoms with Crippen molar-refractivity contribution in [1.82, 2.24) is 4.90 Å². The first-order valence-corrected chi connectivity index (χ1v) is 6.35. The molecule has 0 bridgehead atoms. The van der Waals surface area contributed by atoms with Crippen LogP contribution in [0.1, 0.15) is 53.4 Å². The Morgan fingerprint density at radius 3 is 1.93 bits per heavy atom. The minimum absolute atomic E-state index is 0.0228. The third kappa shape index (κ3) is 2.73. The molecule has 0 atom stereocenters. The van der Waals surface area contributed by atoms with Crippen molar-refractivity contribution in [2.24, 2.45) is 5.41 Å². The smallest absolute Gasteiger partial charge is 0.0610 e. The molecule has 0 amide bonds. The van der Waals surface area contributed by atoms with Gasteiger partial charge in [-0.25, -0.2) is 0 Å². The molecule has 1 fully saturated rings. The fourth-order valence-corrected chi connectivity index (χ4v) is 2.79. The Hall–Kier alpha value is -0.0800. The number of aliphatic hydroxyl groups is 1. The molecule has 1 saturated heterocycles. The minimum Gasteiger partial charge on any atom is -0.394 e. The molecule has 0 aromatic rings. The second-order valence-electron chi connectivity index (χ2n) is 5.83. The van der Waals surface area contributed by atoms with Gasteiger partial charge < -0.3 is 5.11 Å². The van der Waals surface area contributed by atoms with E-state index in [0.717, 1.165) is 0 Å². The zero-order valence-electron chi connectivity index (χ0n) is 10.8. The van der Waals surface area contributed by atoms with Gasteiger partial charge in [0.05, 0.1) is 6.61 Å². The van der Waals surface area contributed by atoms with E-state index < -0.39 is 0 Å². The first-order valence-electron chi connectivity index (χ1n) is 6.35. The predicted octanol–water partition coefficient (Wildman–Crippen LogP) is 2.66. The van der Waals surface area contributed by atoms with Crippen LogP contribution in [-0.2, 0) is 0 Å². The average molecular weight is 213 g/mol. The maximum atomic E-state index is 9.32. The zero-order chi connectivity index (χ0) is 11.5. The van der Waals surface area contributed by atoms with Crippen LogP contribution in [0.2, 0.25) is 0 Å². The van der Waals surface area contributed by atoms with Crippen molar-refractivity contribution in [3.05, 3.63) is 0 Å². The first kappa shape index (κ1) is 13.0. The first-order chi connectivity index (χ1) is 6.99. The van der Waals surface area contributed by atoms with Crippen molar-refractivity contribution in [3.63, 3.8) is 0 Å². The lowest BCUT2D eigenvalue weighted by atomic mass is 9.71. The lowest BCUT2D eigenvalue weighted by Gasteiger charge is -2.56. The molecule has 2 nitrogen and oxygen atoms in total. The van der Waals surface area contributed by atoms with E-state index in [1.165, 1.54) is 38.8 Å². The maximum Gasteiger partial charge on any atom is 0.0610 e. The normalized spacial score (nSPS) is 21.4. The fourth-order valence-electron chi connectivity index (χ4n) is 2.79. The van der Waals surface area contributed by atoms with Crippen LogP contribution in [0, 0.1) is 5.41 Å². The average Bonchev–Trinajstić information content (AvgIpc) is 2.13. The van der Waals surface area contributed by atoms with Gasteiger partial charge in [-0.2, -0.15) is 0 Å². The third-order valence-corrected chi connectivity index (χ3v) is 3.86. The van der Waals surface area contributed by atoms with Crippen LogP contribution >= 0.6 is 0 Å². The van der Waals surface area contributed by atoms with Crippen LogP contribution in [0.4, 0.5) is 0 Å². The van der Waals surface area contributed by atoms with Crippen molar-refractivity contribution < 1.29 is 5.11 Å². The monoisotopic (exact) mass is 213 g/mol. The number of rotatable bonds is 6. The van der Waals surface area contributed by atoms with E-state index in [4.69, 9.17) is 0 Å². The van der Waals surface area contributed by atoms with Crippen LogP contribution in [0.15, 0.2) is 0 Å². The van der Waals surface area contributed by atoms with Crippen LogP contribution in [-0.4, -0.2) is 35.2 Å². The van der Waals surface area contributed by atoms with E-state index in [-0.39, 0.29) is 12.1 Å². The lowest BCUT2D eigenvalue weighted by molar-refractivity contribution is -0.0914. The van der Waals surface area contributed by atoms with E-state index in [9.17, 15) is 5.11 Å². The van der Waals surface area contributed by atoms with E-state index in [0.29, 0.717) is 5.41 Å². The van der Waals surface area contributed by atoms with Crippen molar-refractivity contribution in [3.8, 4) is 0 Å². The Bertz CT molecular complexity index is 187. The SMILES string of the molecule is CCCC1(CCC)CN(C(C)(C)CO)C1. The van der Waals surface area contributed by atoms with Gasteiger partial charge >= 0.3 is 0 Å². The summed E-state index contributed by atoms with van der Waals surface area (Å²) in [5.41, 5.74) is 0.543. The summed E-state index contributed by atoms with van der Waals surface area (Å²) >= 11 is 0. The molecule has 90 valence electrons. The highest BCUT2D eigenvalue weighted by Crippen LogP contribution is 2.42. The van der Waals surface area contributed by atoms with Crippen molar-refractivity contribution >= 4 is 0 Å². The standard InChI is InChI=1S/C13H27NO/c1-5-7-13(8-6-2)9-14(10-13)12(3,4)11-15/h15H,5-11H2,1-4H3. The Morgan fingerprint density at radius 1 is 1.13 bits per heavy atom. The molecule has 0 unspecified atom stereocenters. The van der Waals surface area contributed by atoms with Crippen molar-refractivity contribution in [1.29, 1.82) is 0 Å². The van der Waals surface area contributed by atoms with Crippen LogP contribution in [0.3, 0.4) is 0 Å². The van der Waals surface area contributed by atoms with Gasteiger partial charge in [-0.1, -0.05) is 26.7 Å². The van der Waals surface area contributed by atoms with E-state index in [2.05, 4.69) is 32.6 Å². The molecule has 0 radical (unpaired) electrons. The summed E-state index contributed by atoms with van der Waals surface area (Å²) < 4.78 is 0. The number of likely N-dealkylation sites (tertiary alicyclic amines) is 1. The molecule has 1 heterocycles. The van der Waals surface area contributed by atoms with Gasteiger partial charge in [0.15, 0.2) is 0 Å². The Kier molecular flexibility index (Phi) is 4.19. The van der Waals surface area contributed by atoms with E-state index in [1.54, 1.807) is 0 Å². The summed E-state index contributed by atoms with van der Waals surface area (Å²) in [6, 6.07) is 0. The Morgan fingerprint density at radius 2 is 1.60 bits per heavy atom. The van der Waals surface area contributed by atoms with Gasteiger partial charge in [-0.3, -0.25) is 4.90 Å². The molecule has 0 aromatic carbocycles. The van der Waals surface area contributed by atoms with Gasteiger partial charge in [-0.05, 0) is 32.1 Å². The molecule has 1 N–H and O–H groups in total. The van der Waals surface area contributed by atoms with E-state index >= 15 is 0 Å². The highest BCUT2D eigenvalue weighted by atomic mass is 16.3. The molecule has 0 aromatic heterocycles. The summed E-state index contributed by atoms with van der Waals surface area (Å²) in [5, 5.41) is 9.32. The van der Waals surface area contributed by atoms with Gasteiger partial charge in [0.2, 0.25) is 0 Å². The molecule has 0 spiro atoms. The van der Waals surface area contributed by atoms with Crippen molar-refractivity contribution in [2.75, 3.05) is 19.7 Å². The fraction of sp³-hybridized carbons (Fsp3) is 1.00. The second kappa shape index (κ2) is 4.84. The van der Waals surface area contributed by atoms with Crippen molar-refractivity contribution in [2.45, 2.75) is 58.9 Å². The number of hydrogen-bond acceptors (Lipinski definition) is 2. The maximum absolute atomic E-state index is 9.32. The van der Waals surface area contributed by atoms with Gasteiger partial charge in [0.25, 0.3) is 0 Å². The van der Waals surface area contributed by atoms with Crippen LogP contribution in [0.5, 0.6) is 0 Å². The molecule has 1 aliphatic rings. The highest BCUT2D eigenvalue weighted by molar-refractivity contribution is 5.00. The molecule has 15 heavy (non-hydrogen) atoms. The summed E-state index contributed by atoms with van der Waals surface area (Å²) in [6.07, 6.45) is 5.26. The summed E-state index contributed by atoms with van der Waals surface area (Å²) in [7, 11) is 0. The lowest BCUT2D eigenvalue weighted by Crippen LogP contribution is -2.64. The van der Waals surface area contributed by atoms with Gasteiger partial charge in [0.1, 0.15) is 0 Å².